The van der Waals surface area contributed by atoms with Crippen LogP contribution in [0.25, 0.3) is 26.9 Å². The van der Waals surface area contributed by atoms with Crippen molar-refractivity contribution in [2.75, 3.05) is 6.61 Å². The van der Waals surface area contributed by atoms with Crippen LogP contribution in [0.4, 0.5) is 13.2 Å². The molecule has 2 heterocycles. The van der Waals surface area contributed by atoms with E-state index in [-0.39, 0.29) is 12.5 Å². The van der Waals surface area contributed by atoms with Gasteiger partial charge in [0.05, 0.1) is 28.2 Å². The van der Waals surface area contributed by atoms with Gasteiger partial charge in [0.15, 0.2) is 0 Å². The number of fused-ring (bicyclic) bond motifs is 3. The van der Waals surface area contributed by atoms with Gasteiger partial charge in [-0.15, -0.1) is 11.3 Å². The quantitative estimate of drug-likeness (QED) is 0.440. The highest BCUT2D eigenvalue weighted by Gasteiger charge is 2.38. The zero-order chi connectivity index (χ0) is 22.7. The number of carbonyl (C=O) groups is 1. The largest absolute Gasteiger partial charge is 0.416 e. The second-order valence-corrected chi connectivity index (χ2v) is 9.43. The molecule has 0 atom stereocenters. The van der Waals surface area contributed by atoms with E-state index in [2.05, 4.69) is 10.3 Å². The summed E-state index contributed by atoms with van der Waals surface area (Å²) in [6.45, 7) is 1.77. The molecule has 1 fully saturated rings. The molecular weight excluding hydrogens is 439 g/mol. The van der Waals surface area contributed by atoms with Gasteiger partial charge in [-0.3, -0.25) is 9.36 Å². The molecule has 0 saturated heterocycles. The van der Waals surface area contributed by atoms with Gasteiger partial charge in [-0.1, -0.05) is 0 Å². The Morgan fingerprint density at radius 2 is 1.94 bits per heavy atom. The summed E-state index contributed by atoms with van der Waals surface area (Å²) in [5.41, 5.74) is 1.25. The van der Waals surface area contributed by atoms with Crippen LogP contribution in [0.1, 0.15) is 40.2 Å². The van der Waals surface area contributed by atoms with E-state index in [4.69, 9.17) is 0 Å². The zero-order valence-electron chi connectivity index (χ0n) is 17.2. The fourth-order valence-corrected chi connectivity index (χ4v) is 5.17. The molecule has 2 aromatic heterocycles. The van der Waals surface area contributed by atoms with Crippen molar-refractivity contribution in [3.05, 3.63) is 58.6 Å². The summed E-state index contributed by atoms with van der Waals surface area (Å²) in [5, 5.41) is 14.2. The molecule has 9 heteroatoms. The first-order valence-electron chi connectivity index (χ1n) is 10.2. The monoisotopic (exact) mass is 459 g/mol. The van der Waals surface area contributed by atoms with E-state index in [1.54, 1.807) is 18.2 Å². The van der Waals surface area contributed by atoms with Crippen molar-refractivity contribution in [3.63, 3.8) is 0 Å². The van der Waals surface area contributed by atoms with E-state index in [1.807, 2.05) is 11.5 Å². The summed E-state index contributed by atoms with van der Waals surface area (Å²) < 4.78 is 40.9. The van der Waals surface area contributed by atoms with Crippen molar-refractivity contribution >= 4 is 38.5 Å². The van der Waals surface area contributed by atoms with E-state index >= 15 is 0 Å². The van der Waals surface area contributed by atoms with E-state index in [0.717, 1.165) is 52.1 Å². The molecule has 1 amide bonds. The molecule has 0 bridgehead atoms. The molecule has 32 heavy (non-hydrogen) atoms. The Morgan fingerprint density at radius 1 is 1.22 bits per heavy atom. The number of alkyl halides is 3. The van der Waals surface area contributed by atoms with Gasteiger partial charge in [-0.25, -0.2) is 4.98 Å². The molecule has 166 valence electrons. The van der Waals surface area contributed by atoms with Crippen LogP contribution in [-0.4, -0.2) is 32.7 Å². The summed E-state index contributed by atoms with van der Waals surface area (Å²) >= 11 is 1.45. The number of aliphatic hydroxyl groups is 1. The lowest BCUT2D eigenvalue weighted by atomic mass is 9.77. The highest BCUT2D eigenvalue weighted by Crippen LogP contribution is 2.37. The van der Waals surface area contributed by atoms with E-state index < -0.39 is 17.3 Å². The lowest BCUT2D eigenvalue weighted by Crippen LogP contribution is -2.56. The Balaban J connectivity index is 1.60. The van der Waals surface area contributed by atoms with E-state index in [9.17, 15) is 23.1 Å². The third kappa shape index (κ3) is 3.36. The number of rotatable bonds is 4. The summed E-state index contributed by atoms with van der Waals surface area (Å²) in [5.74, 6) is -0.261. The summed E-state index contributed by atoms with van der Waals surface area (Å²) in [7, 11) is 0. The van der Waals surface area contributed by atoms with Crippen LogP contribution in [0.2, 0.25) is 0 Å². The molecular formula is C23H20F3N3O2S. The van der Waals surface area contributed by atoms with Gasteiger partial charge >= 0.3 is 6.18 Å². The number of hydrogen-bond donors (Lipinski definition) is 2. The Labute approximate surface area is 185 Å². The average Bonchev–Trinajstić information content (AvgIpc) is 3.24. The predicted octanol–water partition coefficient (Wildman–Crippen LogP) is 5.21. The van der Waals surface area contributed by atoms with Gasteiger partial charge in [0, 0.05) is 16.6 Å². The SMILES string of the molecule is Cc1nc2c3cc(C(=O)NC4(CO)CCC4)ccc3n(-c3ccc(C(F)(F)F)cc3)c2s1. The van der Waals surface area contributed by atoms with Crippen LogP contribution in [0, 0.1) is 6.92 Å². The minimum atomic E-state index is -4.40. The van der Waals surface area contributed by atoms with E-state index in [1.165, 1.54) is 23.5 Å². The summed E-state index contributed by atoms with van der Waals surface area (Å²) in [4.78, 5) is 18.3. The molecule has 1 aliphatic rings. The maximum Gasteiger partial charge on any atom is 0.416 e. The number of aryl methyl sites for hydroxylation is 1. The molecule has 2 aromatic carbocycles. The Bertz CT molecular complexity index is 1330. The predicted molar refractivity (Wildman–Crippen MR) is 117 cm³/mol. The Morgan fingerprint density at radius 3 is 2.53 bits per heavy atom. The smallest absolute Gasteiger partial charge is 0.394 e. The number of nitrogens with one attached hydrogen (secondary N) is 1. The number of benzene rings is 2. The van der Waals surface area contributed by atoms with Gasteiger partial charge in [-0.05, 0) is 68.7 Å². The lowest BCUT2D eigenvalue weighted by Gasteiger charge is -2.40. The second-order valence-electron chi connectivity index (χ2n) is 8.24. The lowest BCUT2D eigenvalue weighted by molar-refractivity contribution is -0.137. The van der Waals surface area contributed by atoms with Crippen LogP contribution < -0.4 is 5.32 Å². The molecule has 0 aliphatic heterocycles. The van der Waals surface area contributed by atoms with Gasteiger partial charge in [0.1, 0.15) is 10.3 Å². The molecule has 0 spiro atoms. The Kier molecular flexibility index (Phi) is 4.79. The van der Waals surface area contributed by atoms with Gasteiger partial charge < -0.3 is 10.4 Å². The van der Waals surface area contributed by atoms with Crippen molar-refractivity contribution in [1.82, 2.24) is 14.9 Å². The number of thiazole rings is 1. The molecule has 2 N–H and O–H groups in total. The number of carbonyl (C=O) groups excluding carboxylic acids is 1. The van der Waals surface area contributed by atoms with Crippen molar-refractivity contribution in [1.29, 1.82) is 0 Å². The number of aliphatic hydroxyl groups excluding tert-OH is 1. The van der Waals surface area contributed by atoms with Crippen LogP contribution in [-0.2, 0) is 6.18 Å². The normalized spacial score (nSPS) is 15.8. The number of nitrogens with zero attached hydrogens (tertiary/aromatic N) is 2. The molecule has 1 aliphatic carbocycles. The average molecular weight is 459 g/mol. The first-order valence-corrected chi connectivity index (χ1v) is 11.1. The third-order valence-corrected chi connectivity index (χ3v) is 7.07. The summed E-state index contributed by atoms with van der Waals surface area (Å²) in [6, 6.07) is 10.3. The summed E-state index contributed by atoms with van der Waals surface area (Å²) in [6.07, 6.45) is -1.94. The van der Waals surface area contributed by atoms with Crippen molar-refractivity contribution < 1.29 is 23.1 Å². The molecule has 4 aromatic rings. The minimum absolute atomic E-state index is 0.0964. The molecule has 1 saturated carbocycles. The first kappa shape index (κ1) is 21.0. The second kappa shape index (κ2) is 7.31. The molecule has 0 radical (unpaired) electrons. The van der Waals surface area contributed by atoms with Gasteiger partial charge in [0.2, 0.25) is 0 Å². The Hall–Kier alpha value is -2.91. The van der Waals surface area contributed by atoms with Crippen LogP contribution >= 0.6 is 11.3 Å². The topological polar surface area (TPSA) is 67.2 Å². The zero-order valence-corrected chi connectivity index (χ0v) is 18.0. The van der Waals surface area contributed by atoms with Crippen LogP contribution in [0.15, 0.2) is 42.5 Å². The third-order valence-electron chi connectivity index (χ3n) is 6.12. The van der Waals surface area contributed by atoms with Crippen LogP contribution in [0.5, 0.6) is 0 Å². The van der Waals surface area contributed by atoms with Gasteiger partial charge in [-0.2, -0.15) is 13.2 Å². The molecule has 5 rings (SSSR count). The van der Waals surface area contributed by atoms with Crippen molar-refractivity contribution in [3.8, 4) is 5.69 Å². The maximum atomic E-state index is 13.0. The number of hydrogen-bond acceptors (Lipinski definition) is 4. The minimum Gasteiger partial charge on any atom is -0.394 e. The number of aromatic nitrogens is 2. The van der Waals surface area contributed by atoms with Crippen molar-refractivity contribution in [2.45, 2.75) is 37.9 Å². The van der Waals surface area contributed by atoms with Crippen molar-refractivity contribution in [2.24, 2.45) is 0 Å². The fraction of sp³-hybridized carbons (Fsp3) is 0.304. The molecule has 0 unspecified atom stereocenters. The molecule has 5 nitrogen and oxygen atoms in total. The van der Waals surface area contributed by atoms with Crippen LogP contribution in [0.3, 0.4) is 0 Å². The highest BCUT2D eigenvalue weighted by molar-refractivity contribution is 7.18. The number of amides is 1. The van der Waals surface area contributed by atoms with E-state index in [0.29, 0.717) is 16.8 Å². The van der Waals surface area contributed by atoms with Gasteiger partial charge in [0.25, 0.3) is 5.91 Å². The maximum absolute atomic E-state index is 13.0. The number of halogens is 3. The fourth-order valence-electron chi connectivity index (χ4n) is 4.21. The standard InChI is InChI=1S/C23H20F3N3O2S/c1-13-27-19-17-11-14(20(31)28-22(12-30)9-2-10-22)3-8-18(17)29(21(19)32-13)16-6-4-15(5-7-16)23(24,25)26/h3-8,11,30H,2,9-10,12H2,1H3,(H,28,31). The highest BCUT2D eigenvalue weighted by atomic mass is 32.1. The first-order chi connectivity index (χ1) is 15.2.